The number of rotatable bonds is 8. The van der Waals surface area contributed by atoms with Crippen LogP contribution in [0.2, 0.25) is 0 Å². The molecule has 0 amide bonds. The van der Waals surface area contributed by atoms with Gasteiger partial charge >= 0.3 is 23.9 Å². The minimum absolute atomic E-state index is 0.0184. The number of esters is 4. The first-order valence-electron chi connectivity index (χ1n) is 16.2. The zero-order valence-electron chi connectivity index (χ0n) is 27.3. The van der Waals surface area contributed by atoms with Crippen LogP contribution in [0.4, 0.5) is 0 Å². The number of fused-ring (bicyclic) bond motifs is 5. The molecule has 0 aromatic carbocycles. The van der Waals surface area contributed by atoms with Gasteiger partial charge in [-0.1, -0.05) is 20.8 Å². The molecule has 0 aliphatic heterocycles. The van der Waals surface area contributed by atoms with Crippen molar-refractivity contribution in [3.05, 3.63) is 0 Å². The van der Waals surface area contributed by atoms with Gasteiger partial charge in [0, 0.05) is 39.0 Å². The predicted octanol–water partition coefficient (Wildman–Crippen LogP) is 6.42. The lowest BCUT2D eigenvalue weighted by Crippen LogP contribution is -2.63. The van der Waals surface area contributed by atoms with Gasteiger partial charge in [0.25, 0.3) is 0 Å². The third-order valence-corrected chi connectivity index (χ3v) is 12.0. The Morgan fingerprint density at radius 2 is 1.45 bits per heavy atom. The summed E-state index contributed by atoms with van der Waals surface area (Å²) in [6, 6.07) is 0. The van der Waals surface area contributed by atoms with E-state index in [1.54, 1.807) is 0 Å². The monoisotopic (exact) mass is 590 g/mol. The van der Waals surface area contributed by atoms with Crippen molar-refractivity contribution in [2.45, 2.75) is 144 Å². The van der Waals surface area contributed by atoms with Gasteiger partial charge in [-0.25, -0.2) is 0 Å². The summed E-state index contributed by atoms with van der Waals surface area (Å²) in [5, 5.41) is 0. The van der Waals surface area contributed by atoms with Gasteiger partial charge in [0.1, 0.15) is 23.9 Å². The van der Waals surface area contributed by atoms with E-state index in [4.69, 9.17) is 18.9 Å². The van der Waals surface area contributed by atoms with Gasteiger partial charge in [0.05, 0.1) is 0 Å². The quantitative estimate of drug-likeness (QED) is 0.236. The number of hydrogen-bond acceptors (Lipinski definition) is 8. The Bertz CT molecular complexity index is 1050. The van der Waals surface area contributed by atoms with Crippen molar-refractivity contribution in [3.63, 3.8) is 0 Å². The van der Waals surface area contributed by atoms with Crippen LogP contribution < -0.4 is 0 Å². The maximum Gasteiger partial charge on any atom is 0.303 e. The van der Waals surface area contributed by atoms with E-state index in [-0.39, 0.29) is 76.7 Å². The maximum absolute atomic E-state index is 12.6. The Morgan fingerprint density at radius 1 is 0.810 bits per heavy atom. The highest BCUT2D eigenvalue weighted by atomic mass is 16.6. The van der Waals surface area contributed by atoms with E-state index in [1.807, 2.05) is 13.8 Å². The van der Waals surface area contributed by atoms with Crippen molar-refractivity contribution < 1.29 is 38.1 Å². The van der Waals surface area contributed by atoms with E-state index in [2.05, 4.69) is 20.8 Å². The minimum Gasteiger partial charge on any atom is -0.463 e. The summed E-state index contributed by atoms with van der Waals surface area (Å²) < 4.78 is 23.7. The van der Waals surface area contributed by atoms with Crippen molar-refractivity contribution in [3.8, 4) is 0 Å². The van der Waals surface area contributed by atoms with Crippen molar-refractivity contribution >= 4 is 23.9 Å². The summed E-state index contributed by atoms with van der Waals surface area (Å²) >= 11 is 0. The fraction of sp³-hybridized carbons (Fsp3) is 0.882. The SMILES string of the molecule is CC(=O)OC1CCC2(C)C(C1)CC(OC(C)=O)C1C2CC(OC(C)=O)C2(C)C(C(C)CCC(C)(C)OC(C)=O)CCC12. The topological polar surface area (TPSA) is 105 Å². The molecule has 4 aliphatic carbocycles. The molecule has 8 nitrogen and oxygen atoms in total. The van der Waals surface area contributed by atoms with Crippen molar-refractivity contribution in [2.24, 2.45) is 46.3 Å². The second kappa shape index (κ2) is 12.1. The Hall–Kier alpha value is -2.12. The average Bonchev–Trinajstić information content (AvgIpc) is 3.20. The van der Waals surface area contributed by atoms with E-state index in [1.165, 1.54) is 27.7 Å². The molecule has 238 valence electrons. The van der Waals surface area contributed by atoms with E-state index in [0.29, 0.717) is 11.8 Å². The second-order valence-electron chi connectivity index (χ2n) is 15.1. The Labute approximate surface area is 252 Å². The predicted molar refractivity (Wildman–Crippen MR) is 157 cm³/mol. The van der Waals surface area contributed by atoms with Crippen LogP contribution in [0.5, 0.6) is 0 Å². The van der Waals surface area contributed by atoms with Gasteiger partial charge in [-0.05, 0) is 107 Å². The van der Waals surface area contributed by atoms with Gasteiger partial charge in [-0.2, -0.15) is 0 Å². The molecule has 4 aliphatic rings. The van der Waals surface area contributed by atoms with Crippen LogP contribution in [-0.2, 0) is 38.1 Å². The van der Waals surface area contributed by atoms with E-state index < -0.39 is 5.60 Å². The first-order chi connectivity index (χ1) is 19.5. The van der Waals surface area contributed by atoms with Crippen LogP contribution in [0.25, 0.3) is 0 Å². The normalized spacial score (nSPS) is 40.0. The number of hydrogen-bond donors (Lipinski definition) is 0. The second-order valence-corrected chi connectivity index (χ2v) is 15.1. The summed E-state index contributed by atoms with van der Waals surface area (Å²) in [5.41, 5.74) is -0.811. The molecule has 42 heavy (non-hydrogen) atoms. The fourth-order valence-electron chi connectivity index (χ4n) is 10.3. The molecule has 0 aromatic heterocycles. The van der Waals surface area contributed by atoms with Crippen LogP contribution >= 0.6 is 0 Å². The summed E-state index contributed by atoms with van der Waals surface area (Å²) in [6.07, 6.45) is 7.21. The van der Waals surface area contributed by atoms with Gasteiger partial charge < -0.3 is 18.9 Å². The summed E-state index contributed by atoms with van der Waals surface area (Å²) in [5.74, 6) is 0.563. The van der Waals surface area contributed by atoms with Gasteiger partial charge in [-0.15, -0.1) is 0 Å². The smallest absolute Gasteiger partial charge is 0.303 e. The largest absolute Gasteiger partial charge is 0.463 e. The molecule has 0 heterocycles. The number of carbonyl (C=O) groups excluding carboxylic acids is 4. The molecule has 4 saturated carbocycles. The summed E-state index contributed by atoms with van der Waals surface area (Å²) in [6.45, 7) is 16.8. The van der Waals surface area contributed by atoms with E-state index in [0.717, 1.165) is 57.8 Å². The third kappa shape index (κ3) is 6.38. The molecule has 0 radical (unpaired) electrons. The van der Waals surface area contributed by atoms with Crippen LogP contribution in [0, 0.1) is 46.3 Å². The molecule has 4 rings (SSSR count). The number of carbonyl (C=O) groups is 4. The van der Waals surface area contributed by atoms with Crippen molar-refractivity contribution in [2.75, 3.05) is 0 Å². The van der Waals surface area contributed by atoms with Crippen molar-refractivity contribution in [1.82, 2.24) is 0 Å². The molecular weight excluding hydrogens is 536 g/mol. The molecule has 0 N–H and O–H groups in total. The van der Waals surface area contributed by atoms with Crippen LogP contribution in [0.3, 0.4) is 0 Å². The highest BCUT2D eigenvalue weighted by molar-refractivity contribution is 5.67. The molecule has 0 bridgehead atoms. The van der Waals surface area contributed by atoms with E-state index in [9.17, 15) is 19.2 Å². The molecule has 4 fully saturated rings. The summed E-state index contributed by atoms with van der Waals surface area (Å²) in [4.78, 5) is 48.4. The molecular formula is C34H54O8. The highest BCUT2D eigenvalue weighted by Gasteiger charge is 2.67. The Kier molecular flexibility index (Phi) is 9.45. The Balaban J connectivity index is 1.66. The minimum atomic E-state index is -0.537. The standard InChI is InChI=1S/C34H54O8/c1-19(12-14-32(6,7)42-23(5)38)26-10-11-27-31-28(18-30(34(26,27)9)41-22(4)37)33(8)15-13-25(39-20(2)35)16-24(33)17-29(31)40-21(3)36/h19,24-31H,10-18H2,1-9H3. The van der Waals surface area contributed by atoms with Crippen LogP contribution in [0.1, 0.15) is 120 Å². The lowest BCUT2D eigenvalue weighted by molar-refractivity contribution is -0.224. The maximum atomic E-state index is 12.6. The first-order valence-corrected chi connectivity index (χ1v) is 16.2. The van der Waals surface area contributed by atoms with Crippen LogP contribution in [0.15, 0.2) is 0 Å². The third-order valence-electron chi connectivity index (χ3n) is 12.0. The Morgan fingerprint density at radius 3 is 2.05 bits per heavy atom. The van der Waals surface area contributed by atoms with Gasteiger partial charge in [-0.3, -0.25) is 19.2 Å². The molecule has 11 unspecified atom stereocenters. The molecule has 8 heteroatoms. The molecule has 0 saturated heterocycles. The first kappa shape index (κ1) is 32.8. The summed E-state index contributed by atoms with van der Waals surface area (Å²) in [7, 11) is 0. The highest BCUT2D eigenvalue weighted by Crippen LogP contribution is 2.69. The lowest BCUT2D eigenvalue weighted by Gasteiger charge is -2.64. The van der Waals surface area contributed by atoms with Crippen LogP contribution in [-0.4, -0.2) is 47.8 Å². The van der Waals surface area contributed by atoms with Gasteiger partial charge in [0.15, 0.2) is 0 Å². The fourth-order valence-corrected chi connectivity index (χ4v) is 10.3. The zero-order valence-corrected chi connectivity index (χ0v) is 27.3. The lowest BCUT2D eigenvalue weighted by atomic mass is 9.43. The molecule has 11 atom stereocenters. The number of ether oxygens (including phenoxy) is 4. The molecule has 0 aromatic rings. The average molecular weight is 591 g/mol. The van der Waals surface area contributed by atoms with E-state index >= 15 is 0 Å². The molecule has 0 spiro atoms. The van der Waals surface area contributed by atoms with Crippen molar-refractivity contribution in [1.29, 1.82) is 0 Å². The zero-order chi connectivity index (χ0) is 31.2. The van der Waals surface area contributed by atoms with Gasteiger partial charge in [0.2, 0.25) is 0 Å².